The van der Waals surface area contributed by atoms with E-state index in [-0.39, 0.29) is 13.2 Å². The van der Waals surface area contributed by atoms with Gasteiger partial charge in [-0.2, -0.15) is 0 Å². The van der Waals surface area contributed by atoms with E-state index in [1.165, 1.54) is 32.1 Å². The first kappa shape index (κ1) is 19.6. The summed E-state index contributed by atoms with van der Waals surface area (Å²) in [5.41, 5.74) is 0. The lowest BCUT2D eigenvalue weighted by atomic mass is 10.1. The summed E-state index contributed by atoms with van der Waals surface area (Å²) in [5, 5.41) is 28.8. The fraction of sp³-hybridized carbons (Fsp3) is 0.882. The molecule has 0 aromatic carbocycles. The summed E-state index contributed by atoms with van der Waals surface area (Å²) in [7, 11) is 0. The third kappa shape index (κ3) is 7.70. The van der Waals surface area contributed by atoms with Gasteiger partial charge < -0.3 is 24.8 Å². The molecule has 1 aliphatic rings. The van der Waals surface area contributed by atoms with Gasteiger partial charge in [-0.15, -0.1) is 0 Å². The summed E-state index contributed by atoms with van der Waals surface area (Å²) < 4.78 is 10.6. The molecule has 1 saturated heterocycles. The van der Waals surface area contributed by atoms with Gasteiger partial charge in [0, 0.05) is 6.61 Å². The van der Waals surface area contributed by atoms with Crippen molar-refractivity contribution in [3.05, 3.63) is 12.2 Å². The Labute approximate surface area is 133 Å². The fourth-order valence-electron chi connectivity index (χ4n) is 2.60. The average Bonchev–Trinajstić information content (AvgIpc) is 2.84. The molecule has 0 unspecified atom stereocenters. The third-order valence-corrected chi connectivity index (χ3v) is 4.00. The topological polar surface area (TPSA) is 79.2 Å². The van der Waals surface area contributed by atoms with Gasteiger partial charge in [-0.3, -0.25) is 0 Å². The standard InChI is InChI=1S/C17H32O5/c1-2-3-4-5-6-7-8-9-10-11-21-12-15(19)17-16(20)14(18)13-22-17/h2-3,14-20H,4-13H2,1H3/b3-2+/t14-,15+,16+,17+/m0/s1. The molecule has 0 aliphatic carbocycles. The van der Waals surface area contributed by atoms with Gasteiger partial charge in [0.1, 0.15) is 24.4 Å². The van der Waals surface area contributed by atoms with E-state index >= 15 is 0 Å². The van der Waals surface area contributed by atoms with E-state index in [0.717, 1.165) is 12.8 Å². The van der Waals surface area contributed by atoms with Crippen LogP contribution in [0.15, 0.2) is 12.2 Å². The molecule has 5 nitrogen and oxygen atoms in total. The first-order valence-corrected chi connectivity index (χ1v) is 8.51. The largest absolute Gasteiger partial charge is 0.388 e. The molecule has 0 saturated carbocycles. The number of allylic oxidation sites excluding steroid dienone is 2. The maximum atomic E-state index is 9.85. The molecular formula is C17H32O5. The van der Waals surface area contributed by atoms with Crippen molar-refractivity contribution in [2.24, 2.45) is 0 Å². The number of ether oxygens (including phenoxy) is 2. The molecule has 4 atom stereocenters. The molecule has 0 bridgehead atoms. The van der Waals surface area contributed by atoms with E-state index in [0.29, 0.717) is 6.61 Å². The van der Waals surface area contributed by atoms with Crippen LogP contribution >= 0.6 is 0 Å². The first-order valence-electron chi connectivity index (χ1n) is 8.51. The predicted octanol–water partition coefficient (Wildman–Crippen LogP) is 1.79. The molecule has 1 aliphatic heterocycles. The fourth-order valence-corrected chi connectivity index (χ4v) is 2.60. The highest BCUT2D eigenvalue weighted by Gasteiger charge is 2.39. The van der Waals surface area contributed by atoms with Crippen molar-refractivity contribution >= 4 is 0 Å². The third-order valence-electron chi connectivity index (χ3n) is 4.00. The molecule has 0 aromatic heterocycles. The van der Waals surface area contributed by atoms with Crippen molar-refractivity contribution in [3.8, 4) is 0 Å². The molecule has 3 N–H and O–H groups in total. The van der Waals surface area contributed by atoms with Crippen molar-refractivity contribution in [3.63, 3.8) is 0 Å². The summed E-state index contributed by atoms with van der Waals surface area (Å²) in [6, 6.07) is 0. The van der Waals surface area contributed by atoms with Crippen LogP contribution in [0.5, 0.6) is 0 Å². The highest BCUT2D eigenvalue weighted by atomic mass is 16.5. The van der Waals surface area contributed by atoms with Crippen molar-refractivity contribution in [2.75, 3.05) is 19.8 Å². The van der Waals surface area contributed by atoms with E-state index in [2.05, 4.69) is 19.1 Å². The van der Waals surface area contributed by atoms with E-state index < -0.39 is 24.4 Å². The molecule has 0 spiro atoms. The Hall–Kier alpha value is -0.460. The zero-order chi connectivity index (χ0) is 16.2. The number of hydrogen-bond donors (Lipinski definition) is 3. The zero-order valence-corrected chi connectivity index (χ0v) is 13.7. The lowest BCUT2D eigenvalue weighted by molar-refractivity contribution is -0.0813. The van der Waals surface area contributed by atoms with Crippen LogP contribution in [-0.2, 0) is 9.47 Å². The van der Waals surface area contributed by atoms with Gasteiger partial charge in [-0.05, 0) is 26.2 Å². The quantitative estimate of drug-likeness (QED) is 0.378. The molecular weight excluding hydrogens is 284 g/mol. The van der Waals surface area contributed by atoms with E-state index in [1.54, 1.807) is 0 Å². The Bertz CT molecular complexity index is 295. The van der Waals surface area contributed by atoms with Crippen LogP contribution < -0.4 is 0 Å². The van der Waals surface area contributed by atoms with Crippen LogP contribution in [0, 0.1) is 0 Å². The molecule has 1 rings (SSSR count). The van der Waals surface area contributed by atoms with Crippen LogP contribution in [-0.4, -0.2) is 59.6 Å². The Morgan fingerprint density at radius 3 is 2.45 bits per heavy atom. The van der Waals surface area contributed by atoms with E-state index in [1.807, 2.05) is 0 Å². The highest BCUT2D eigenvalue weighted by Crippen LogP contribution is 2.17. The van der Waals surface area contributed by atoms with Crippen LogP contribution in [0.25, 0.3) is 0 Å². The predicted molar refractivity (Wildman–Crippen MR) is 85.7 cm³/mol. The Balaban J connectivity index is 1.89. The monoisotopic (exact) mass is 316 g/mol. The van der Waals surface area contributed by atoms with Gasteiger partial charge in [-0.1, -0.05) is 37.8 Å². The maximum absolute atomic E-state index is 9.85. The minimum Gasteiger partial charge on any atom is -0.388 e. The zero-order valence-electron chi connectivity index (χ0n) is 13.7. The maximum Gasteiger partial charge on any atom is 0.114 e. The van der Waals surface area contributed by atoms with Crippen molar-refractivity contribution in [1.29, 1.82) is 0 Å². The van der Waals surface area contributed by atoms with Crippen molar-refractivity contribution < 1.29 is 24.8 Å². The Morgan fingerprint density at radius 2 is 1.82 bits per heavy atom. The van der Waals surface area contributed by atoms with Crippen LogP contribution in [0.2, 0.25) is 0 Å². The average molecular weight is 316 g/mol. The van der Waals surface area contributed by atoms with Crippen LogP contribution in [0.4, 0.5) is 0 Å². The van der Waals surface area contributed by atoms with Crippen LogP contribution in [0.1, 0.15) is 51.9 Å². The van der Waals surface area contributed by atoms with Gasteiger partial charge >= 0.3 is 0 Å². The number of hydrogen-bond acceptors (Lipinski definition) is 5. The van der Waals surface area contributed by atoms with Crippen molar-refractivity contribution in [1.82, 2.24) is 0 Å². The number of aliphatic hydroxyl groups excluding tert-OH is 3. The minimum atomic E-state index is -1.03. The SMILES string of the molecule is C/C=C/CCCCCCCCOC[C@@H](O)[C@H]1OC[C@H](O)[C@H]1O. The van der Waals surface area contributed by atoms with Crippen molar-refractivity contribution in [2.45, 2.75) is 76.3 Å². The molecule has 0 radical (unpaired) electrons. The summed E-state index contributed by atoms with van der Waals surface area (Å²) in [6.07, 6.45) is 9.08. The summed E-state index contributed by atoms with van der Waals surface area (Å²) >= 11 is 0. The second-order valence-corrected chi connectivity index (χ2v) is 5.98. The van der Waals surface area contributed by atoms with Gasteiger partial charge in [0.2, 0.25) is 0 Å². The summed E-state index contributed by atoms with van der Waals surface area (Å²) in [4.78, 5) is 0. The molecule has 0 amide bonds. The number of aliphatic hydroxyl groups is 3. The second-order valence-electron chi connectivity index (χ2n) is 5.98. The molecule has 22 heavy (non-hydrogen) atoms. The van der Waals surface area contributed by atoms with E-state index in [4.69, 9.17) is 9.47 Å². The lowest BCUT2D eigenvalue weighted by Gasteiger charge is -2.20. The molecule has 130 valence electrons. The first-order chi connectivity index (χ1) is 10.7. The van der Waals surface area contributed by atoms with Gasteiger partial charge in [0.05, 0.1) is 13.2 Å². The molecule has 0 aromatic rings. The highest BCUT2D eigenvalue weighted by molar-refractivity contribution is 4.87. The number of unbranched alkanes of at least 4 members (excludes halogenated alkanes) is 6. The summed E-state index contributed by atoms with van der Waals surface area (Å²) in [6.45, 7) is 2.87. The summed E-state index contributed by atoms with van der Waals surface area (Å²) in [5.74, 6) is 0. The molecule has 1 heterocycles. The molecule has 1 fully saturated rings. The van der Waals surface area contributed by atoms with Gasteiger partial charge in [0.15, 0.2) is 0 Å². The smallest absolute Gasteiger partial charge is 0.114 e. The Morgan fingerprint density at radius 1 is 1.14 bits per heavy atom. The van der Waals surface area contributed by atoms with Crippen LogP contribution in [0.3, 0.4) is 0 Å². The Kier molecular flexibility index (Phi) is 10.7. The second kappa shape index (κ2) is 12.0. The van der Waals surface area contributed by atoms with E-state index in [9.17, 15) is 15.3 Å². The van der Waals surface area contributed by atoms with Gasteiger partial charge in [-0.25, -0.2) is 0 Å². The lowest BCUT2D eigenvalue weighted by Crippen LogP contribution is -2.40. The normalized spacial score (nSPS) is 26.8. The number of rotatable bonds is 12. The van der Waals surface area contributed by atoms with Gasteiger partial charge in [0.25, 0.3) is 0 Å². The molecule has 5 heteroatoms. The minimum absolute atomic E-state index is 0.0664.